The van der Waals surface area contributed by atoms with Gasteiger partial charge in [-0.05, 0) is 131 Å². The molecule has 0 amide bonds. The minimum atomic E-state index is -4.50. The van der Waals surface area contributed by atoms with Crippen molar-refractivity contribution in [1.82, 2.24) is 0 Å². The number of hydrogen-bond donors (Lipinski definition) is 7. The van der Waals surface area contributed by atoms with Gasteiger partial charge in [0.15, 0.2) is 40.6 Å². The third-order valence-electron chi connectivity index (χ3n) is 21.5. The number of rotatable bonds is 7. The van der Waals surface area contributed by atoms with Gasteiger partial charge in [0.25, 0.3) is 0 Å². The van der Waals surface area contributed by atoms with Crippen LogP contribution in [-0.4, -0.2) is 132 Å². The second-order valence-electron chi connectivity index (χ2n) is 24.9. The van der Waals surface area contributed by atoms with E-state index in [9.17, 15) is 62.8 Å². The summed E-state index contributed by atoms with van der Waals surface area (Å²) in [6, 6.07) is 0. The molecule has 0 aromatic heterocycles. The SMILES string of the molecule is C[C@]12C=CC(=O)C=C1CC[C@@H]1[C@@H]2[C@@H](O)C[C@@]2(C)[C@H]1C[C@@H](O)[C@]2(O)C(=O)CO.C[C@]12C=CC(=O)C=C1CC[C@@H]1[C@@H]2[C@@H](O)C[C@@]2(C)[C@H]1C[C@H]1O[C@@H](C3CCCCC3)O[C@]12C(=O)CO.O=S(=O)([O-])C(O)C1CCCCC1.[Na+]. The number of carbonyl (C=O) groups excluding carboxylic acids is 4. The van der Waals surface area contributed by atoms with Gasteiger partial charge in [-0.3, -0.25) is 19.2 Å². The molecule has 8 saturated carbocycles. The van der Waals surface area contributed by atoms with E-state index < -0.39 is 86.6 Å². The minimum Gasteiger partial charge on any atom is -0.746 e. The van der Waals surface area contributed by atoms with Crippen LogP contribution in [-0.2, 0) is 38.8 Å². The van der Waals surface area contributed by atoms with Crippen molar-refractivity contribution in [1.29, 1.82) is 0 Å². The Labute approximate surface area is 457 Å². The number of ether oxygens (including phenoxy) is 2. The summed E-state index contributed by atoms with van der Waals surface area (Å²) in [7, 11) is -4.50. The van der Waals surface area contributed by atoms with Crippen LogP contribution < -0.4 is 29.6 Å². The van der Waals surface area contributed by atoms with E-state index in [1.807, 2.05) is 19.1 Å². The summed E-state index contributed by atoms with van der Waals surface area (Å²) in [6.07, 6.45) is 21.7. The molecule has 0 spiro atoms. The third-order valence-corrected chi connectivity index (χ3v) is 22.5. The Hall–Kier alpha value is -1.81. The van der Waals surface area contributed by atoms with Crippen molar-refractivity contribution >= 4 is 33.3 Å². The van der Waals surface area contributed by atoms with Crippen molar-refractivity contribution in [2.24, 2.45) is 69.0 Å². The van der Waals surface area contributed by atoms with Crippen LogP contribution in [0.25, 0.3) is 0 Å². The van der Waals surface area contributed by atoms with Crippen LogP contribution in [0, 0.1) is 69.0 Å². The Kier molecular flexibility index (Phi) is 16.8. The third kappa shape index (κ3) is 9.19. The largest absolute Gasteiger partial charge is 1.00 e. The number of aliphatic hydroxyl groups is 7. The van der Waals surface area contributed by atoms with E-state index in [0.29, 0.717) is 19.3 Å². The fourth-order valence-corrected chi connectivity index (χ4v) is 18.7. The molecule has 11 rings (SSSR count). The fourth-order valence-electron chi connectivity index (χ4n) is 17.9. The Morgan fingerprint density at radius 3 is 1.68 bits per heavy atom. The molecule has 18 heteroatoms. The van der Waals surface area contributed by atoms with Crippen LogP contribution in [0.1, 0.15) is 143 Å². The van der Waals surface area contributed by atoms with E-state index in [0.717, 1.165) is 88.2 Å². The summed E-state index contributed by atoms with van der Waals surface area (Å²) in [5.41, 5.74) is -5.18. The molecule has 7 N–H and O–H groups in total. The zero-order chi connectivity index (χ0) is 52.8. The molecule has 0 radical (unpaired) electrons. The van der Waals surface area contributed by atoms with Crippen molar-refractivity contribution in [2.75, 3.05) is 13.2 Å². The normalized spacial score (nSPS) is 45.6. The Morgan fingerprint density at radius 2 is 1.19 bits per heavy atom. The van der Waals surface area contributed by atoms with E-state index in [-0.39, 0.29) is 119 Å². The average molecular weight is 1060 g/mol. The molecule has 406 valence electrons. The Bertz CT molecular complexity index is 2430. The summed E-state index contributed by atoms with van der Waals surface area (Å²) in [5.74, 6) is -1.06. The second-order valence-corrected chi connectivity index (χ2v) is 26.3. The fraction of sp³-hybridized carbons (Fsp3) is 0.786. The first-order chi connectivity index (χ1) is 34.3. The molecule has 74 heavy (non-hydrogen) atoms. The van der Waals surface area contributed by atoms with Gasteiger partial charge < -0.3 is 49.8 Å². The quantitative estimate of drug-likeness (QED) is 0.140. The minimum absolute atomic E-state index is 0. The van der Waals surface area contributed by atoms with E-state index in [1.54, 1.807) is 31.2 Å². The monoisotopic (exact) mass is 1060 g/mol. The summed E-state index contributed by atoms with van der Waals surface area (Å²) >= 11 is 0. The van der Waals surface area contributed by atoms with Crippen molar-refractivity contribution in [2.45, 2.75) is 191 Å². The first-order valence-corrected chi connectivity index (χ1v) is 28.7. The Balaban J connectivity index is 0.000000163. The molecule has 0 aromatic rings. The number of Topliss-reactive ketones (excluding diaryl/α,β-unsaturated/α-hetero) is 2. The molecular weight excluding hydrogens is 984 g/mol. The molecule has 0 bridgehead atoms. The second kappa shape index (κ2) is 21.3. The van der Waals surface area contributed by atoms with E-state index in [2.05, 4.69) is 13.8 Å². The van der Waals surface area contributed by atoms with Gasteiger partial charge in [0.2, 0.25) is 0 Å². The maximum absolute atomic E-state index is 13.5. The molecule has 1 saturated heterocycles. The smallest absolute Gasteiger partial charge is 0.746 e. The number of hydrogen-bond acceptors (Lipinski definition) is 16. The zero-order valence-electron chi connectivity index (χ0n) is 43.9. The van der Waals surface area contributed by atoms with Crippen molar-refractivity contribution in [3.63, 3.8) is 0 Å². The van der Waals surface area contributed by atoms with Crippen LogP contribution >= 0.6 is 0 Å². The molecule has 0 aromatic carbocycles. The van der Waals surface area contributed by atoms with Crippen LogP contribution in [0.2, 0.25) is 0 Å². The first kappa shape index (κ1) is 58.3. The van der Waals surface area contributed by atoms with Gasteiger partial charge in [-0.2, -0.15) is 0 Å². The summed E-state index contributed by atoms with van der Waals surface area (Å²) in [6.45, 7) is 6.65. The Morgan fingerprint density at radius 1 is 0.716 bits per heavy atom. The van der Waals surface area contributed by atoms with Crippen LogP contribution in [0.3, 0.4) is 0 Å². The number of carbonyl (C=O) groups is 4. The van der Waals surface area contributed by atoms with Gasteiger partial charge in [0, 0.05) is 39.4 Å². The average Bonchev–Trinajstić information content (AvgIpc) is 3.94. The topological polar surface area (TPSA) is 286 Å². The predicted octanol–water partition coefficient (Wildman–Crippen LogP) is 1.46. The standard InChI is InChI=1S/C28H38O6.C21H28O6.C7H14O4S.Na/c1-26-11-10-18(30)12-17(26)8-9-19-20-13-23-28(22(32)15-29,27(20,2)14-21(31)24(19)26)34-25(33-23)16-6-4-3-5-7-16;1-19-6-5-12(23)7-11(19)3-4-13-14-8-16(25)21(27,17(26)10-22)20(14,2)9-15(24)18(13)19;8-7(12(9,10)11)6-4-2-1-3-5-6;/h10-12,16,19-21,23-25,29,31H,3-9,13-15H2,1-2H3;5-7,13-16,18,22,24-25,27H,3-4,8-10H2,1-2H3;6-8H,1-5H2,(H,9,10,11);/q;;;+1/p-1/t19-,20-,21-,23+,24+,25+,26-,27-,28+;13-,14-,15-,16+,18+,19-,20-,21-;;/m00../s1. The number of ketones is 4. The number of aliphatic hydroxyl groups excluding tert-OH is 6. The van der Waals surface area contributed by atoms with Gasteiger partial charge in [-0.25, -0.2) is 8.42 Å². The maximum Gasteiger partial charge on any atom is 1.00 e. The van der Waals surface area contributed by atoms with E-state index in [4.69, 9.17) is 14.6 Å². The molecular formula is C56H79NaO16S. The summed E-state index contributed by atoms with van der Waals surface area (Å²) < 4.78 is 44.5. The maximum atomic E-state index is 13.5. The van der Waals surface area contributed by atoms with Crippen molar-refractivity contribution in [3.8, 4) is 0 Å². The zero-order valence-corrected chi connectivity index (χ0v) is 46.7. The van der Waals surface area contributed by atoms with Crippen LogP contribution in [0.4, 0.5) is 0 Å². The molecule has 1 heterocycles. The van der Waals surface area contributed by atoms with Gasteiger partial charge in [0.1, 0.15) is 28.8 Å². The van der Waals surface area contributed by atoms with Gasteiger partial charge in [-0.1, -0.05) is 89.5 Å². The van der Waals surface area contributed by atoms with E-state index >= 15 is 0 Å². The summed E-state index contributed by atoms with van der Waals surface area (Å²) in [4.78, 5) is 49.8. The first-order valence-electron chi connectivity index (χ1n) is 27.2. The predicted molar refractivity (Wildman–Crippen MR) is 263 cm³/mol. The van der Waals surface area contributed by atoms with Gasteiger partial charge in [0.05, 0.1) is 24.4 Å². The molecule has 1 aliphatic heterocycles. The number of allylic oxidation sites excluding steroid dienone is 8. The van der Waals surface area contributed by atoms with Gasteiger partial charge in [-0.15, -0.1) is 0 Å². The number of fused-ring (bicyclic) bond motifs is 12. The van der Waals surface area contributed by atoms with Crippen molar-refractivity contribution in [3.05, 3.63) is 47.6 Å². The molecule has 16 nitrogen and oxygen atoms in total. The van der Waals surface area contributed by atoms with Crippen LogP contribution in [0.5, 0.6) is 0 Å². The van der Waals surface area contributed by atoms with E-state index in [1.165, 1.54) is 6.42 Å². The molecule has 18 atom stereocenters. The molecule has 9 fully saturated rings. The van der Waals surface area contributed by atoms with Crippen molar-refractivity contribution < 1.29 is 107 Å². The molecule has 10 aliphatic carbocycles. The summed E-state index contributed by atoms with van der Waals surface area (Å²) in [5, 5.41) is 73.2. The van der Waals surface area contributed by atoms with Gasteiger partial charge >= 0.3 is 29.6 Å². The van der Waals surface area contributed by atoms with Crippen LogP contribution in [0.15, 0.2) is 47.6 Å². The molecule has 11 aliphatic rings. The molecule has 1 unspecified atom stereocenters.